The number of nitrogens with one attached hydrogen (secondary N) is 1. The molecule has 0 radical (unpaired) electrons. The largest absolute Gasteiger partial charge is 0.384 e. The van der Waals surface area contributed by atoms with Crippen molar-refractivity contribution in [2.24, 2.45) is 0 Å². The Labute approximate surface area is 216 Å². The number of allylic oxidation sites excluding steroid dienone is 1. The van der Waals surface area contributed by atoms with Gasteiger partial charge >= 0.3 is 0 Å². The minimum Gasteiger partial charge on any atom is -0.384 e. The second-order valence-electron chi connectivity index (χ2n) is 9.87. The Morgan fingerprint density at radius 3 is 2.44 bits per heavy atom. The number of carbonyl (C=O) groups excluding carboxylic acids is 1. The minimum atomic E-state index is 0.0443. The quantitative estimate of drug-likeness (QED) is 0.326. The maximum absolute atomic E-state index is 13.5. The van der Waals surface area contributed by atoms with Crippen LogP contribution in [0.4, 0.5) is 5.69 Å². The molecule has 0 bridgehead atoms. The molecule has 5 nitrogen and oxygen atoms in total. The van der Waals surface area contributed by atoms with Crippen LogP contribution in [0.5, 0.6) is 0 Å². The van der Waals surface area contributed by atoms with E-state index in [9.17, 15) is 4.79 Å². The lowest BCUT2D eigenvalue weighted by Crippen LogP contribution is -2.44. The highest BCUT2D eigenvalue weighted by molar-refractivity contribution is 6.08. The van der Waals surface area contributed by atoms with Crippen molar-refractivity contribution in [2.45, 2.75) is 6.54 Å². The first kappa shape index (κ1) is 25.8. The first-order valence-electron chi connectivity index (χ1n) is 12.8. The summed E-state index contributed by atoms with van der Waals surface area (Å²) in [5.74, 6) is 0.0443. The zero-order valence-corrected chi connectivity index (χ0v) is 21.8. The fourth-order valence-electron chi connectivity index (χ4n) is 4.44. The van der Waals surface area contributed by atoms with Gasteiger partial charge in [0.15, 0.2) is 5.78 Å². The molecule has 4 rings (SSSR count). The molecule has 0 aliphatic carbocycles. The molecule has 0 atom stereocenters. The molecular formula is C31H38N4O. The lowest BCUT2D eigenvalue weighted by atomic mass is 9.95. The molecule has 0 spiro atoms. The van der Waals surface area contributed by atoms with E-state index in [1.165, 1.54) is 0 Å². The average molecular weight is 483 g/mol. The van der Waals surface area contributed by atoms with E-state index in [4.69, 9.17) is 0 Å². The van der Waals surface area contributed by atoms with E-state index in [0.29, 0.717) is 0 Å². The van der Waals surface area contributed by atoms with Crippen molar-refractivity contribution in [3.05, 3.63) is 95.6 Å². The van der Waals surface area contributed by atoms with E-state index < -0.39 is 0 Å². The lowest BCUT2D eigenvalue weighted by molar-refractivity contribution is 0.104. The highest BCUT2D eigenvalue weighted by Crippen LogP contribution is 2.25. The van der Waals surface area contributed by atoms with Crippen LogP contribution in [0.3, 0.4) is 0 Å². The third-order valence-electron chi connectivity index (χ3n) is 6.67. The summed E-state index contributed by atoms with van der Waals surface area (Å²) < 4.78 is 0. The van der Waals surface area contributed by atoms with Crippen molar-refractivity contribution < 1.29 is 4.79 Å². The predicted octanol–water partition coefficient (Wildman–Crippen LogP) is 4.97. The molecule has 3 aromatic rings. The van der Waals surface area contributed by atoms with Crippen molar-refractivity contribution in [3.8, 4) is 11.1 Å². The first-order valence-corrected chi connectivity index (χ1v) is 12.8. The van der Waals surface area contributed by atoms with Crippen LogP contribution < -0.4 is 5.32 Å². The predicted molar refractivity (Wildman–Crippen MR) is 152 cm³/mol. The third-order valence-corrected chi connectivity index (χ3v) is 6.67. The molecule has 0 aromatic heterocycles. The van der Waals surface area contributed by atoms with Gasteiger partial charge in [0.1, 0.15) is 0 Å². The Morgan fingerprint density at radius 2 is 1.69 bits per heavy atom. The van der Waals surface area contributed by atoms with Crippen LogP contribution in [0.25, 0.3) is 17.2 Å². The molecule has 0 saturated carbocycles. The smallest absolute Gasteiger partial charge is 0.186 e. The number of hydrogen-bond donors (Lipinski definition) is 1. The summed E-state index contributed by atoms with van der Waals surface area (Å²) in [6, 6.07) is 24.8. The molecule has 1 N–H and O–H groups in total. The van der Waals surface area contributed by atoms with Gasteiger partial charge in [0.25, 0.3) is 0 Å². The average Bonchev–Trinajstić information content (AvgIpc) is 2.89. The fraction of sp³-hybridized carbons (Fsp3) is 0.323. The van der Waals surface area contributed by atoms with E-state index in [0.717, 1.165) is 79.3 Å². The van der Waals surface area contributed by atoms with Crippen molar-refractivity contribution in [2.75, 3.05) is 65.7 Å². The van der Waals surface area contributed by atoms with E-state index in [-0.39, 0.29) is 5.78 Å². The Bertz CT molecular complexity index is 1160. The summed E-state index contributed by atoms with van der Waals surface area (Å²) in [6.07, 6.45) is 3.64. The van der Waals surface area contributed by atoms with Gasteiger partial charge in [0, 0.05) is 57.1 Å². The maximum Gasteiger partial charge on any atom is 0.186 e. The number of nitrogens with zero attached hydrogens (tertiary/aromatic N) is 3. The zero-order chi connectivity index (χ0) is 25.3. The molecule has 1 heterocycles. The molecule has 0 unspecified atom stereocenters. The van der Waals surface area contributed by atoms with Gasteiger partial charge in [0.05, 0.1) is 0 Å². The van der Waals surface area contributed by atoms with E-state index >= 15 is 0 Å². The zero-order valence-electron chi connectivity index (χ0n) is 21.8. The fourth-order valence-corrected chi connectivity index (χ4v) is 4.44. The number of likely N-dealkylation sites (N-methyl/N-ethyl adjacent to an activating group) is 2. The molecule has 0 amide bonds. The molecule has 5 heteroatoms. The van der Waals surface area contributed by atoms with E-state index in [2.05, 4.69) is 83.6 Å². The summed E-state index contributed by atoms with van der Waals surface area (Å²) in [5.41, 5.74) is 6.14. The van der Waals surface area contributed by atoms with Crippen LogP contribution in [-0.2, 0) is 6.54 Å². The summed E-state index contributed by atoms with van der Waals surface area (Å²) >= 11 is 0. The van der Waals surface area contributed by atoms with Gasteiger partial charge in [-0.1, -0.05) is 60.7 Å². The van der Waals surface area contributed by atoms with Crippen molar-refractivity contribution >= 4 is 17.5 Å². The Kier molecular flexibility index (Phi) is 9.06. The van der Waals surface area contributed by atoms with Gasteiger partial charge in [0.2, 0.25) is 0 Å². The molecule has 36 heavy (non-hydrogen) atoms. The summed E-state index contributed by atoms with van der Waals surface area (Å²) in [4.78, 5) is 20.5. The number of anilines is 1. The second kappa shape index (κ2) is 12.6. The number of hydrogen-bond acceptors (Lipinski definition) is 5. The SMILES string of the molecule is CN(C)CCNc1cccc(C=CC(=O)c2cc(-c3ccccc3)ccc2CN2CCN(C)CC2)c1. The molecule has 1 aliphatic heterocycles. The molecule has 1 aliphatic rings. The van der Waals surface area contributed by atoms with Gasteiger partial charge in [-0.25, -0.2) is 0 Å². The van der Waals surface area contributed by atoms with Gasteiger partial charge in [-0.15, -0.1) is 0 Å². The van der Waals surface area contributed by atoms with Crippen molar-refractivity contribution in [1.29, 1.82) is 0 Å². The Morgan fingerprint density at radius 1 is 0.917 bits per heavy atom. The van der Waals surface area contributed by atoms with Crippen molar-refractivity contribution in [1.82, 2.24) is 14.7 Å². The number of benzene rings is 3. The second-order valence-corrected chi connectivity index (χ2v) is 9.87. The Hall–Kier alpha value is -3.25. The Balaban J connectivity index is 1.55. The van der Waals surface area contributed by atoms with Crippen molar-refractivity contribution in [3.63, 3.8) is 0 Å². The highest BCUT2D eigenvalue weighted by Gasteiger charge is 2.18. The molecule has 3 aromatic carbocycles. The van der Waals surface area contributed by atoms with Crippen LogP contribution in [-0.4, -0.2) is 80.9 Å². The number of ketones is 1. The molecule has 1 saturated heterocycles. The monoisotopic (exact) mass is 482 g/mol. The normalized spacial score (nSPS) is 15.0. The summed E-state index contributed by atoms with van der Waals surface area (Å²) in [6.45, 7) is 6.80. The standard InChI is InChI=1S/C31H38N4O/c1-33(2)17-16-32-29-11-7-8-25(22-29)12-15-31(36)30-23-27(26-9-5-4-6-10-26)13-14-28(30)24-35-20-18-34(3)19-21-35/h4-15,22-23,32H,16-21,24H2,1-3H3. The topological polar surface area (TPSA) is 38.8 Å². The van der Waals surface area contributed by atoms with Gasteiger partial charge in [-0.2, -0.15) is 0 Å². The van der Waals surface area contributed by atoms with Crippen LogP contribution in [0, 0.1) is 0 Å². The maximum atomic E-state index is 13.5. The van der Waals surface area contributed by atoms with Crippen LogP contribution in [0.15, 0.2) is 78.9 Å². The van der Waals surface area contributed by atoms with Crippen LogP contribution >= 0.6 is 0 Å². The molecule has 1 fully saturated rings. The summed E-state index contributed by atoms with van der Waals surface area (Å²) in [7, 11) is 6.30. The van der Waals surface area contributed by atoms with Gasteiger partial charge < -0.3 is 15.1 Å². The minimum absolute atomic E-state index is 0.0443. The third kappa shape index (κ3) is 7.37. The molecular weight excluding hydrogens is 444 g/mol. The number of piperazine rings is 1. The number of rotatable bonds is 10. The van der Waals surface area contributed by atoms with Crippen LogP contribution in [0.2, 0.25) is 0 Å². The summed E-state index contributed by atoms with van der Waals surface area (Å²) in [5, 5.41) is 3.45. The highest BCUT2D eigenvalue weighted by atomic mass is 16.1. The molecule has 188 valence electrons. The first-order chi connectivity index (χ1) is 17.5. The van der Waals surface area contributed by atoms with Gasteiger partial charge in [-0.05, 0) is 67.7 Å². The lowest BCUT2D eigenvalue weighted by Gasteiger charge is -2.32. The van der Waals surface area contributed by atoms with Gasteiger partial charge in [-0.3, -0.25) is 9.69 Å². The van der Waals surface area contributed by atoms with E-state index in [1.807, 2.05) is 36.4 Å². The van der Waals surface area contributed by atoms with E-state index in [1.54, 1.807) is 6.08 Å². The number of carbonyl (C=O) groups is 1. The van der Waals surface area contributed by atoms with Crippen LogP contribution in [0.1, 0.15) is 21.5 Å².